The van der Waals surface area contributed by atoms with Crippen LogP contribution in [0.5, 0.6) is 0 Å². The maximum absolute atomic E-state index is 13.4. The third kappa shape index (κ3) is 5.31. The number of aryl methyl sites for hydroxylation is 2. The smallest absolute Gasteiger partial charge is 0.278 e. The monoisotopic (exact) mass is 458 g/mol. The molecule has 1 aromatic heterocycles. The van der Waals surface area contributed by atoms with Gasteiger partial charge in [0.2, 0.25) is 0 Å². The van der Waals surface area contributed by atoms with E-state index < -0.39 is 0 Å². The molecule has 0 saturated heterocycles. The van der Waals surface area contributed by atoms with Crippen molar-refractivity contribution < 1.29 is 9.59 Å². The molecule has 1 N–H and O–H groups in total. The van der Waals surface area contributed by atoms with Gasteiger partial charge in [0.15, 0.2) is 5.16 Å². The van der Waals surface area contributed by atoms with Gasteiger partial charge in [0.05, 0.1) is 0 Å². The molecule has 168 valence electrons. The van der Waals surface area contributed by atoms with Gasteiger partial charge in [-0.25, -0.2) is 9.97 Å². The summed E-state index contributed by atoms with van der Waals surface area (Å²) in [7, 11) is 0. The van der Waals surface area contributed by atoms with Gasteiger partial charge in [0.25, 0.3) is 11.8 Å². The van der Waals surface area contributed by atoms with Crippen LogP contribution in [-0.4, -0.2) is 33.2 Å². The Morgan fingerprint density at radius 3 is 2.15 bits per heavy atom. The summed E-state index contributed by atoms with van der Waals surface area (Å²) in [6.45, 7) is 6.06. The van der Waals surface area contributed by atoms with Gasteiger partial charge in [-0.1, -0.05) is 60.7 Å². The lowest BCUT2D eigenvalue weighted by atomic mass is 10.1. The number of carbonyl (C=O) groups excluding carboxylic acids is 2. The highest BCUT2D eigenvalue weighted by Gasteiger charge is 2.39. The van der Waals surface area contributed by atoms with Crippen LogP contribution in [0.1, 0.15) is 35.5 Å². The van der Waals surface area contributed by atoms with Gasteiger partial charge in [-0.2, -0.15) is 0 Å². The summed E-state index contributed by atoms with van der Waals surface area (Å²) in [5.41, 5.74) is 4.03. The van der Waals surface area contributed by atoms with Crippen molar-refractivity contribution in [3.8, 4) is 0 Å². The van der Waals surface area contributed by atoms with Gasteiger partial charge >= 0.3 is 0 Å². The van der Waals surface area contributed by atoms with Crippen molar-refractivity contribution in [1.82, 2.24) is 20.2 Å². The highest BCUT2D eigenvalue weighted by molar-refractivity contribution is 8.04. The molecule has 0 saturated carbocycles. The minimum atomic E-state index is -0.314. The largest absolute Gasteiger partial charge is 0.373 e. The summed E-state index contributed by atoms with van der Waals surface area (Å²) in [6, 6.07) is 21.4. The highest BCUT2D eigenvalue weighted by atomic mass is 32.2. The van der Waals surface area contributed by atoms with Crippen LogP contribution < -0.4 is 5.32 Å². The number of thioether (sulfide) groups is 1. The van der Waals surface area contributed by atoms with Crippen molar-refractivity contribution in [2.24, 2.45) is 0 Å². The molecule has 2 heterocycles. The summed E-state index contributed by atoms with van der Waals surface area (Å²) in [5, 5.41) is 3.75. The van der Waals surface area contributed by atoms with Crippen LogP contribution in [0.15, 0.2) is 82.5 Å². The summed E-state index contributed by atoms with van der Waals surface area (Å²) in [5.74, 6) is -0.628. The molecular weight excluding hydrogens is 432 g/mol. The third-order valence-electron chi connectivity index (χ3n) is 5.41. The van der Waals surface area contributed by atoms with Crippen molar-refractivity contribution in [2.75, 3.05) is 6.54 Å². The molecule has 7 heteroatoms. The summed E-state index contributed by atoms with van der Waals surface area (Å²) in [4.78, 5) is 37.3. The second kappa shape index (κ2) is 10.0. The standard InChI is InChI=1S/C26H26N4O2S/c1-17-16-18(2)28-26(27-17)33-23-22(29-19(3)21-12-8-5-9-13-21)24(31)30(25(23)32)15-14-20-10-6-4-7-11-20/h4-13,16,19,29H,14-15H2,1-3H3. The fraction of sp³-hybridized carbons (Fsp3) is 0.231. The first-order chi connectivity index (χ1) is 15.9. The molecule has 1 aliphatic rings. The molecule has 0 aliphatic carbocycles. The van der Waals surface area contributed by atoms with Gasteiger partial charge in [-0.05, 0) is 56.1 Å². The first-order valence-electron chi connectivity index (χ1n) is 10.9. The number of rotatable bonds is 8. The molecule has 0 spiro atoms. The SMILES string of the molecule is Cc1cc(C)nc(SC2=C(NC(C)c3ccccc3)C(=O)N(CCc3ccccc3)C2=O)n1. The van der Waals surface area contributed by atoms with E-state index in [1.807, 2.05) is 87.5 Å². The molecule has 3 aromatic rings. The fourth-order valence-electron chi connectivity index (χ4n) is 3.74. The number of nitrogens with zero attached hydrogens (tertiary/aromatic N) is 3. The number of imide groups is 1. The Hall–Kier alpha value is -3.45. The zero-order valence-electron chi connectivity index (χ0n) is 18.9. The van der Waals surface area contributed by atoms with Crippen LogP contribution in [0.4, 0.5) is 0 Å². The van der Waals surface area contributed by atoms with E-state index in [1.54, 1.807) is 0 Å². The first-order valence-corrected chi connectivity index (χ1v) is 11.7. The molecule has 0 fully saturated rings. The fourth-order valence-corrected chi connectivity index (χ4v) is 4.74. The minimum absolute atomic E-state index is 0.150. The number of carbonyl (C=O) groups is 2. The molecule has 1 aliphatic heterocycles. The molecule has 4 rings (SSSR count). The van der Waals surface area contributed by atoms with E-state index in [9.17, 15) is 9.59 Å². The molecule has 1 unspecified atom stereocenters. The minimum Gasteiger partial charge on any atom is -0.373 e. The quantitative estimate of drug-likeness (QED) is 0.399. The predicted molar refractivity (Wildman–Crippen MR) is 129 cm³/mol. The zero-order chi connectivity index (χ0) is 23.4. The Morgan fingerprint density at radius 2 is 1.52 bits per heavy atom. The Balaban J connectivity index is 1.62. The lowest BCUT2D eigenvalue weighted by Gasteiger charge is -2.18. The highest BCUT2D eigenvalue weighted by Crippen LogP contribution is 2.34. The van der Waals surface area contributed by atoms with E-state index in [1.165, 1.54) is 4.90 Å². The van der Waals surface area contributed by atoms with Crippen molar-refractivity contribution in [2.45, 2.75) is 38.4 Å². The lowest BCUT2D eigenvalue weighted by molar-refractivity contribution is -0.137. The van der Waals surface area contributed by atoms with Crippen molar-refractivity contribution >= 4 is 23.6 Å². The number of aromatic nitrogens is 2. The van der Waals surface area contributed by atoms with E-state index in [0.717, 1.165) is 34.3 Å². The normalized spacial score (nSPS) is 14.7. The molecule has 2 aromatic carbocycles. The molecular formula is C26H26N4O2S. The summed E-state index contributed by atoms with van der Waals surface area (Å²) >= 11 is 1.14. The second-order valence-corrected chi connectivity index (χ2v) is 8.99. The van der Waals surface area contributed by atoms with Gasteiger partial charge in [0.1, 0.15) is 10.6 Å². The second-order valence-electron chi connectivity index (χ2n) is 8.01. The molecule has 0 bridgehead atoms. The molecule has 0 radical (unpaired) electrons. The van der Waals surface area contributed by atoms with Gasteiger partial charge < -0.3 is 5.32 Å². The Bertz CT molecular complexity index is 1180. The third-order valence-corrected chi connectivity index (χ3v) is 6.36. The number of hydrogen-bond donors (Lipinski definition) is 1. The Morgan fingerprint density at radius 1 is 0.909 bits per heavy atom. The van der Waals surface area contributed by atoms with Crippen LogP contribution in [0, 0.1) is 13.8 Å². The van der Waals surface area contributed by atoms with Crippen LogP contribution in [0.2, 0.25) is 0 Å². The van der Waals surface area contributed by atoms with E-state index in [2.05, 4.69) is 15.3 Å². The number of nitrogens with one attached hydrogen (secondary N) is 1. The lowest BCUT2D eigenvalue weighted by Crippen LogP contribution is -2.35. The topological polar surface area (TPSA) is 75.2 Å². The predicted octanol–water partition coefficient (Wildman–Crippen LogP) is 4.36. The van der Waals surface area contributed by atoms with Gasteiger partial charge in [0, 0.05) is 24.0 Å². The van der Waals surface area contributed by atoms with Crippen LogP contribution in [0.25, 0.3) is 0 Å². The van der Waals surface area contributed by atoms with Crippen LogP contribution in [-0.2, 0) is 16.0 Å². The van der Waals surface area contributed by atoms with Gasteiger partial charge in [-0.15, -0.1) is 0 Å². The van der Waals surface area contributed by atoms with E-state index >= 15 is 0 Å². The van der Waals surface area contributed by atoms with Crippen LogP contribution >= 0.6 is 11.8 Å². The zero-order valence-corrected chi connectivity index (χ0v) is 19.7. The molecule has 1 atom stereocenters. The van der Waals surface area contributed by atoms with Crippen molar-refractivity contribution in [3.05, 3.63) is 99.8 Å². The summed E-state index contributed by atoms with van der Waals surface area (Å²) in [6.07, 6.45) is 0.595. The number of hydrogen-bond acceptors (Lipinski definition) is 6. The number of amides is 2. The Labute approximate surface area is 198 Å². The maximum Gasteiger partial charge on any atom is 0.278 e. The first kappa shape index (κ1) is 22.7. The average Bonchev–Trinajstić information content (AvgIpc) is 3.02. The number of benzene rings is 2. The average molecular weight is 459 g/mol. The van der Waals surface area contributed by atoms with Gasteiger partial charge in [-0.3, -0.25) is 14.5 Å². The van der Waals surface area contributed by atoms with Crippen molar-refractivity contribution in [1.29, 1.82) is 0 Å². The van der Waals surface area contributed by atoms with E-state index in [4.69, 9.17) is 0 Å². The molecule has 33 heavy (non-hydrogen) atoms. The molecule has 2 amide bonds. The Kier molecular flexibility index (Phi) is 6.89. The summed E-state index contributed by atoms with van der Waals surface area (Å²) < 4.78 is 0. The van der Waals surface area contributed by atoms with E-state index in [-0.39, 0.29) is 17.9 Å². The van der Waals surface area contributed by atoms with E-state index in [0.29, 0.717) is 28.7 Å². The van der Waals surface area contributed by atoms with Crippen LogP contribution in [0.3, 0.4) is 0 Å². The van der Waals surface area contributed by atoms with Crippen molar-refractivity contribution in [3.63, 3.8) is 0 Å². The molecule has 6 nitrogen and oxygen atoms in total. The maximum atomic E-state index is 13.4.